The van der Waals surface area contributed by atoms with Crippen molar-refractivity contribution in [2.75, 3.05) is 0 Å². The van der Waals surface area contributed by atoms with Crippen LogP contribution in [0.4, 0.5) is 0 Å². The van der Waals surface area contributed by atoms with Crippen LogP contribution in [0.5, 0.6) is 0 Å². The molecule has 1 unspecified atom stereocenters. The molecule has 0 fully saturated rings. The van der Waals surface area contributed by atoms with Crippen molar-refractivity contribution in [1.82, 2.24) is 14.7 Å². The molecule has 0 saturated carbocycles. The molecule has 8 aromatic rings. The Hall–Kier alpha value is -5.85. The topological polar surface area (TPSA) is 54.0 Å². The van der Waals surface area contributed by atoms with Crippen LogP contribution >= 0.6 is 11.3 Å². The third kappa shape index (κ3) is 4.67. The molecule has 218 valence electrons. The number of nitrogens with one attached hydrogen (secondary N) is 1. The summed E-state index contributed by atoms with van der Waals surface area (Å²) in [7, 11) is 0. The summed E-state index contributed by atoms with van der Waals surface area (Å²) in [6.07, 6.45) is 1.91. The van der Waals surface area contributed by atoms with Crippen molar-refractivity contribution < 1.29 is 0 Å². The molecule has 46 heavy (non-hydrogen) atoms. The van der Waals surface area contributed by atoms with E-state index in [0.717, 1.165) is 61.8 Å². The molecule has 6 heteroatoms. The van der Waals surface area contributed by atoms with Crippen molar-refractivity contribution in [3.05, 3.63) is 168 Å². The molecule has 1 aliphatic rings. The average Bonchev–Trinajstić information content (AvgIpc) is 3.68. The lowest BCUT2D eigenvalue weighted by Crippen LogP contribution is -2.33. The molecule has 9 rings (SSSR count). The maximum absolute atomic E-state index is 5.01. The Kier molecular flexibility index (Phi) is 6.32. The summed E-state index contributed by atoms with van der Waals surface area (Å²) in [5.74, 6) is 1.53. The first-order valence-corrected chi connectivity index (χ1v) is 16.1. The highest BCUT2D eigenvalue weighted by Crippen LogP contribution is 2.35. The zero-order valence-electron chi connectivity index (χ0n) is 24.7. The van der Waals surface area contributed by atoms with E-state index in [2.05, 4.69) is 125 Å². The fourth-order valence-electron chi connectivity index (χ4n) is 6.15. The Morgan fingerprint density at radius 3 is 2.07 bits per heavy atom. The number of pyridine rings is 1. The Bertz CT molecular complexity index is 2440. The molecule has 1 atom stereocenters. The summed E-state index contributed by atoms with van der Waals surface area (Å²) < 4.78 is 3.46. The number of amidine groups is 2. The second kappa shape index (κ2) is 10.9. The number of hydrogen-bond donors (Lipinski definition) is 1. The van der Waals surface area contributed by atoms with Crippen molar-refractivity contribution in [3.8, 4) is 22.3 Å². The van der Waals surface area contributed by atoms with Crippen LogP contribution in [0.1, 0.15) is 22.9 Å². The van der Waals surface area contributed by atoms with Crippen LogP contribution in [0.2, 0.25) is 0 Å². The highest BCUT2D eigenvalue weighted by Gasteiger charge is 2.21. The van der Waals surface area contributed by atoms with Gasteiger partial charge in [0.2, 0.25) is 0 Å². The zero-order valence-corrected chi connectivity index (χ0v) is 25.5. The largest absolute Gasteiger partial charge is 0.344 e. The van der Waals surface area contributed by atoms with Crippen LogP contribution in [-0.2, 0) is 0 Å². The zero-order chi connectivity index (χ0) is 30.5. The predicted octanol–water partition coefficient (Wildman–Crippen LogP) is 9.53. The molecule has 4 heterocycles. The van der Waals surface area contributed by atoms with Crippen molar-refractivity contribution in [2.24, 2.45) is 9.98 Å². The normalized spacial score (nSPS) is 14.7. The van der Waals surface area contributed by atoms with Gasteiger partial charge in [-0.25, -0.2) is 15.0 Å². The number of imidazole rings is 1. The molecule has 0 radical (unpaired) electrons. The number of nitrogens with zero attached hydrogens (tertiary/aromatic N) is 4. The lowest BCUT2D eigenvalue weighted by Gasteiger charge is -2.24. The van der Waals surface area contributed by atoms with Gasteiger partial charge in [-0.2, -0.15) is 0 Å². The van der Waals surface area contributed by atoms with Gasteiger partial charge in [0.05, 0.1) is 0 Å². The van der Waals surface area contributed by atoms with Gasteiger partial charge in [-0.05, 0) is 52.1 Å². The second-order valence-corrected chi connectivity index (χ2v) is 12.4. The van der Waals surface area contributed by atoms with E-state index >= 15 is 0 Å². The minimum atomic E-state index is -0.228. The molecule has 5 aromatic carbocycles. The second-order valence-electron chi connectivity index (χ2n) is 11.4. The van der Waals surface area contributed by atoms with E-state index < -0.39 is 0 Å². The van der Waals surface area contributed by atoms with Crippen molar-refractivity contribution in [1.29, 1.82) is 0 Å². The maximum atomic E-state index is 5.01. The van der Waals surface area contributed by atoms with Crippen LogP contribution in [0, 0.1) is 0 Å². The fraction of sp³-hybridized carbons (Fsp3) is 0.0250. The van der Waals surface area contributed by atoms with Gasteiger partial charge in [-0.15, -0.1) is 11.3 Å². The van der Waals surface area contributed by atoms with Gasteiger partial charge in [0, 0.05) is 27.4 Å². The molecule has 5 nitrogen and oxygen atoms in total. The number of hydrogen-bond acceptors (Lipinski definition) is 5. The Morgan fingerprint density at radius 1 is 0.587 bits per heavy atom. The van der Waals surface area contributed by atoms with Crippen LogP contribution in [0.15, 0.2) is 162 Å². The van der Waals surface area contributed by atoms with Crippen LogP contribution in [0.25, 0.3) is 48.3 Å². The van der Waals surface area contributed by atoms with E-state index in [1.54, 1.807) is 11.3 Å². The fourth-order valence-corrected chi connectivity index (χ4v) is 7.28. The van der Waals surface area contributed by atoms with E-state index in [9.17, 15) is 0 Å². The first-order valence-electron chi connectivity index (χ1n) is 15.3. The van der Waals surface area contributed by atoms with E-state index in [4.69, 9.17) is 15.0 Å². The molecule has 1 aliphatic heterocycles. The predicted molar refractivity (Wildman–Crippen MR) is 191 cm³/mol. The minimum Gasteiger partial charge on any atom is -0.344 e. The lowest BCUT2D eigenvalue weighted by molar-refractivity contribution is 0.674. The lowest BCUT2D eigenvalue weighted by atomic mass is 9.99. The third-order valence-electron chi connectivity index (χ3n) is 8.51. The SMILES string of the molecule is c1ccc(C2=NC(c3ccccc3)NC(c3cccc(-c4ccc(-c5ccn6c(c5)nc5c7ccccc7sc56)cc4)c3)=N2)cc1. The van der Waals surface area contributed by atoms with Gasteiger partial charge >= 0.3 is 0 Å². The first-order chi connectivity index (χ1) is 22.8. The molecular weight excluding hydrogens is 583 g/mol. The molecule has 0 bridgehead atoms. The molecule has 0 amide bonds. The summed E-state index contributed by atoms with van der Waals surface area (Å²) >= 11 is 1.79. The van der Waals surface area contributed by atoms with Gasteiger partial charge in [0.15, 0.2) is 5.84 Å². The standard InChI is InChI=1S/C40H27N5S/c1-3-10-28(11-4-1)37-42-38(29-12-5-2-6-13-29)44-39(43-37)32-15-9-14-30(24-32)26-18-20-27(21-19-26)31-22-23-45-35(25-31)41-36-33-16-7-8-17-34(33)46-40(36)45/h1-25,37H,(H,42,43,44). The monoisotopic (exact) mass is 609 g/mol. The molecule has 1 N–H and O–H groups in total. The maximum Gasteiger partial charge on any atom is 0.159 e. The minimum absolute atomic E-state index is 0.228. The summed E-state index contributed by atoms with van der Waals surface area (Å²) in [6, 6.07) is 50.6. The van der Waals surface area contributed by atoms with E-state index in [1.807, 2.05) is 36.4 Å². The van der Waals surface area contributed by atoms with Crippen LogP contribution in [0.3, 0.4) is 0 Å². The molecule has 3 aromatic heterocycles. The Morgan fingerprint density at radius 2 is 1.26 bits per heavy atom. The number of aromatic nitrogens is 2. The summed E-state index contributed by atoms with van der Waals surface area (Å²) in [4.78, 5) is 16.2. The van der Waals surface area contributed by atoms with E-state index in [-0.39, 0.29) is 6.17 Å². The van der Waals surface area contributed by atoms with Crippen LogP contribution < -0.4 is 5.32 Å². The summed E-state index contributed by atoms with van der Waals surface area (Å²) in [5.41, 5.74) is 9.73. The van der Waals surface area contributed by atoms with Crippen molar-refractivity contribution >= 4 is 49.1 Å². The summed E-state index contributed by atoms with van der Waals surface area (Å²) in [5, 5.41) is 4.80. The number of fused-ring (bicyclic) bond motifs is 5. The quantitative estimate of drug-likeness (QED) is 0.211. The first kappa shape index (κ1) is 26.5. The Balaban J connectivity index is 1.03. The molecule has 0 spiro atoms. The molecular formula is C40H27N5S. The average molecular weight is 610 g/mol. The van der Waals surface area contributed by atoms with E-state index in [1.165, 1.54) is 14.9 Å². The van der Waals surface area contributed by atoms with Gasteiger partial charge in [-0.1, -0.05) is 121 Å². The summed E-state index contributed by atoms with van der Waals surface area (Å²) in [6.45, 7) is 0. The van der Waals surface area contributed by atoms with Gasteiger partial charge in [-0.3, -0.25) is 4.40 Å². The van der Waals surface area contributed by atoms with Crippen molar-refractivity contribution in [2.45, 2.75) is 6.17 Å². The highest BCUT2D eigenvalue weighted by atomic mass is 32.1. The molecule has 0 saturated heterocycles. The van der Waals surface area contributed by atoms with Gasteiger partial charge < -0.3 is 5.32 Å². The Labute approximate surface area is 269 Å². The number of thiophene rings is 1. The van der Waals surface area contributed by atoms with Gasteiger partial charge in [0.25, 0.3) is 0 Å². The molecule has 0 aliphatic carbocycles. The van der Waals surface area contributed by atoms with Gasteiger partial charge in [0.1, 0.15) is 28.0 Å². The van der Waals surface area contributed by atoms with E-state index in [0.29, 0.717) is 0 Å². The highest BCUT2D eigenvalue weighted by molar-refractivity contribution is 7.25. The smallest absolute Gasteiger partial charge is 0.159 e. The van der Waals surface area contributed by atoms with Crippen LogP contribution in [-0.4, -0.2) is 21.1 Å². The van der Waals surface area contributed by atoms with Crippen molar-refractivity contribution in [3.63, 3.8) is 0 Å². The number of aliphatic imine (C=N–C) groups is 2. The number of benzene rings is 5. The third-order valence-corrected chi connectivity index (χ3v) is 9.67. The number of rotatable bonds is 5.